The van der Waals surface area contributed by atoms with Gasteiger partial charge in [-0.15, -0.1) is 0 Å². The van der Waals surface area contributed by atoms with Gasteiger partial charge in [0.25, 0.3) is 5.91 Å². The van der Waals surface area contributed by atoms with Gasteiger partial charge in [0.05, 0.1) is 5.56 Å². The number of furan rings is 1. The lowest BCUT2D eigenvalue weighted by Gasteiger charge is -2.30. The lowest BCUT2D eigenvalue weighted by atomic mass is 9.99. The van der Waals surface area contributed by atoms with Crippen molar-refractivity contribution in [3.63, 3.8) is 0 Å². The highest BCUT2D eigenvalue weighted by Gasteiger charge is 2.16. The maximum Gasteiger partial charge on any atom is 0.254 e. The molecule has 1 aliphatic heterocycles. The van der Waals surface area contributed by atoms with E-state index in [1.165, 1.54) is 37.8 Å². The fourth-order valence-corrected chi connectivity index (χ4v) is 3.50. The molecule has 0 unspecified atom stereocenters. The van der Waals surface area contributed by atoms with Crippen LogP contribution in [-0.4, -0.2) is 23.9 Å². The summed E-state index contributed by atoms with van der Waals surface area (Å²) in [4.78, 5) is 14.5. The summed E-state index contributed by atoms with van der Waals surface area (Å²) in [6.45, 7) is 6.25. The van der Waals surface area contributed by atoms with Crippen molar-refractivity contribution >= 4 is 21.8 Å². The van der Waals surface area contributed by atoms with Gasteiger partial charge in [-0.2, -0.15) is 0 Å². The van der Waals surface area contributed by atoms with Gasteiger partial charge >= 0.3 is 0 Å². The Morgan fingerprint density at radius 3 is 2.75 bits per heavy atom. The van der Waals surface area contributed by atoms with Crippen LogP contribution in [0.5, 0.6) is 0 Å². The van der Waals surface area contributed by atoms with Crippen molar-refractivity contribution in [3.8, 4) is 0 Å². The summed E-state index contributed by atoms with van der Waals surface area (Å²) < 4.78 is 5.64. The molecular formula is C19H23BrN2O2. The Labute approximate surface area is 151 Å². The van der Waals surface area contributed by atoms with E-state index in [1.807, 2.05) is 0 Å². The molecule has 2 aromatic rings. The van der Waals surface area contributed by atoms with E-state index in [4.69, 9.17) is 4.42 Å². The van der Waals surface area contributed by atoms with Crippen molar-refractivity contribution in [1.29, 1.82) is 0 Å². The van der Waals surface area contributed by atoms with Crippen molar-refractivity contribution in [2.24, 2.45) is 5.92 Å². The smallest absolute Gasteiger partial charge is 0.254 e. The standard InChI is InChI=1S/C19H23BrN2O2/c1-14-3-2-8-22(11-14)12-16-6-4-15(5-7-16)10-21-19(23)17-9-18(20)24-13-17/h4-7,9,13-14H,2-3,8,10-12H2,1H3,(H,21,23)/t14-/m0/s1. The first-order valence-corrected chi connectivity index (χ1v) is 9.22. The average Bonchev–Trinajstić information content (AvgIpc) is 3.01. The van der Waals surface area contributed by atoms with Crippen LogP contribution in [0.15, 0.2) is 45.7 Å². The summed E-state index contributed by atoms with van der Waals surface area (Å²) in [5.41, 5.74) is 2.96. The molecule has 1 aromatic carbocycles. The number of likely N-dealkylation sites (tertiary alicyclic amines) is 1. The molecule has 2 heterocycles. The summed E-state index contributed by atoms with van der Waals surface area (Å²) in [5, 5.41) is 2.91. The van der Waals surface area contributed by atoms with Gasteiger partial charge in [-0.05, 0) is 52.4 Å². The van der Waals surface area contributed by atoms with Gasteiger partial charge < -0.3 is 9.73 Å². The first-order chi connectivity index (χ1) is 11.6. The fraction of sp³-hybridized carbons (Fsp3) is 0.421. The Hall–Kier alpha value is -1.59. The molecule has 128 valence electrons. The zero-order valence-electron chi connectivity index (χ0n) is 13.9. The number of carbonyl (C=O) groups is 1. The maximum absolute atomic E-state index is 12.0. The Kier molecular flexibility index (Phi) is 5.74. The SMILES string of the molecule is C[C@H]1CCCN(Cc2ccc(CNC(=O)c3coc(Br)c3)cc2)C1. The summed E-state index contributed by atoms with van der Waals surface area (Å²) in [7, 11) is 0. The number of amides is 1. The first-order valence-electron chi connectivity index (χ1n) is 8.42. The molecule has 1 atom stereocenters. The second-order valence-corrected chi connectivity index (χ2v) is 7.40. The molecule has 0 radical (unpaired) electrons. The van der Waals surface area contributed by atoms with Crippen LogP contribution in [0.4, 0.5) is 0 Å². The third kappa shape index (κ3) is 4.71. The number of hydrogen-bond donors (Lipinski definition) is 1. The van der Waals surface area contributed by atoms with E-state index in [1.54, 1.807) is 6.07 Å². The highest BCUT2D eigenvalue weighted by molar-refractivity contribution is 9.10. The molecule has 1 saturated heterocycles. The molecule has 5 heteroatoms. The average molecular weight is 391 g/mol. The van der Waals surface area contributed by atoms with E-state index in [0.717, 1.165) is 18.0 Å². The van der Waals surface area contributed by atoms with Crippen molar-refractivity contribution in [3.05, 3.63) is 58.0 Å². The van der Waals surface area contributed by atoms with Crippen LogP contribution in [0.3, 0.4) is 0 Å². The quantitative estimate of drug-likeness (QED) is 0.831. The molecule has 1 N–H and O–H groups in total. The lowest BCUT2D eigenvalue weighted by Crippen LogP contribution is -2.33. The van der Waals surface area contributed by atoms with Gasteiger partial charge in [0, 0.05) is 25.7 Å². The molecule has 1 amide bonds. The molecule has 0 spiro atoms. The molecule has 4 nitrogen and oxygen atoms in total. The van der Waals surface area contributed by atoms with Gasteiger partial charge in [-0.1, -0.05) is 31.2 Å². The number of rotatable bonds is 5. The van der Waals surface area contributed by atoms with E-state index < -0.39 is 0 Å². The Morgan fingerprint density at radius 1 is 1.33 bits per heavy atom. The van der Waals surface area contributed by atoms with Gasteiger partial charge in [0.2, 0.25) is 0 Å². The molecule has 0 saturated carbocycles. The van der Waals surface area contributed by atoms with Crippen LogP contribution in [0.2, 0.25) is 0 Å². The summed E-state index contributed by atoms with van der Waals surface area (Å²) >= 11 is 3.20. The number of benzene rings is 1. The van der Waals surface area contributed by atoms with Crippen LogP contribution in [0, 0.1) is 5.92 Å². The third-order valence-corrected chi connectivity index (χ3v) is 4.87. The van der Waals surface area contributed by atoms with Crippen LogP contribution in [-0.2, 0) is 13.1 Å². The Bertz CT molecular complexity index is 681. The zero-order valence-corrected chi connectivity index (χ0v) is 15.5. The predicted octanol–water partition coefficient (Wildman–Crippen LogP) is 4.20. The normalized spacial score (nSPS) is 18.5. The minimum absolute atomic E-state index is 0.129. The highest BCUT2D eigenvalue weighted by Crippen LogP contribution is 2.18. The highest BCUT2D eigenvalue weighted by atomic mass is 79.9. The van der Waals surface area contributed by atoms with E-state index in [9.17, 15) is 4.79 Å². The molecule has 24 heavy (non-hydrogen) atoms. The van der Waals surface area contributed by atoms with E-state index in [-0.39, 0.29) is 5.91 Å². The van der Waals surface area contributed by atoms with E-state index >= 15 is 0 Å². The maximum atomic E-state index is 12.0. The van der Waals surface area contributed by atoms with Crippen LogP contribution in [0.1, 0.15) is 41.3 Å². The summed E-state index contributed by atoms with van der Waals surface area (Å²) in [6, 6.07) is 10.2. The molecular weight excluding hydrogens is 368 g/mol. The van der Waals surface area contributed by atoms with Crippen molar-refractivity contribution in [2.45, 2.75) is 32.9 Å². The Balaban J connectivity index is 1.50. The van der Waals surface area contributed by atoms with Gasteiger partial charge in [-0.3, -0.25) is 9.69 Å². The number of carbonyl (C=O) groups excluding carboxylic acids is 1. The molecule has 1 fully saturated rings. The van der Waals surface area contributed by atoms with Crippen molar-refractivity contribution < 1.29 is 9.21 Å². The minimum atomic E-state index is -0.129. The topological polar surface area (TPSA) is 45.5 Å². The molecule has 0 bridgehead atoms. The number of nitrogens with zero attached hydrogens (tertiary/aromatic N) is 1. The van der Waals surface area contributed by atoms with Gasteiger partial charge in [0.15, 0.2) is 4.67 Å². The second-order valence-electron chi connectivity index (χ2n) is 6.62. The largest absolute Gasteiger partial charge is 0.457 e. The van der Waals surface area contributed by atoms with Gasteiger partial charge in [0.1, 0.15) is 6.26 Å². The summed E-state index contributed by atoms with van der Waals surface area (Å²) in [6.07, 6.45) is 4.10. The number of piperidine rings is 1. The predicted molar refractivity (Wildman–Crippen MR) is 97.7 cm³/mol. The molecule has 1 aromatic heterocycles. The van der Waals surface area contributed by atoms with Crippen LogP contribution >= 0.6 is 15.9 Å². The second kappa shape index (κ2) is 7.99. The first kappa shape index (κ1) is 17.2. The zero-order chi connectivity index (χ0) is 16.9. The fourth-order valence-electron chi connectivity index (χ4n) is 3.16. The number of halogens is 1. The molecule has 0 aliphatic carbocycles. The molecule has 3 rings (SSSR count). The number of hydrogen-bond acceptors (Lipinski definition) is 3. The lowest BCUT2D eigenvalue weighted by molar-refractivity contribution is 0.0950. The van der Waals surface area contributed by atoms with Gasteiger partial charge in [-0.25, -0.2) is 0 Å². The van der Waals surface area contributed by atoms with Crippen molar-refractivity contribution in [1.82, 2.24) is 10.2 Å². The minimum Gasteiger partial charge on any atom is -0.457 e. The monoisotopic (exact) mass is 390 g/mol. The van der Waals surface area contributed by atoms with E-state index in [2.05, 4.69) is 57.3 Å². The Morgan fingerprint density at radius 2 is 2.08 bits per heavy atom. The third-order valence-electron chi connectivity index (χ3n) is 4.45. The van der Waals surface area contributed by atoms with E-state index in [0.29, 0.717) is 16.8 Å². The van der Waals surface area contributed by atoms with Crippen LogP contribution in [0.25, 0.3) is 0 Å². The number of nitrogens with one attached hydrogen (secondary N) is 1. The molecule has 1 aliphatic rings. The van der Waals surface area contributed by atoms with Crippen LogP contribution < -0.4 is 5.32 Å². The van der Waals surface area contributed by atoms with Crippen molar-refractivity contribution in [2.75, 3.05) is 13.1 Å². The summed E-state index contributed by atoms with van der Waals surface area (Å²) in [5.74, 6) is 0.673.